The lowest BCUT2D eigenvalue weighted by atomic mass is 9.96. The van der Waals surface area contributed by atoms with E-state index >= 15 is 0 Å². The molecule has 1 N–H and O–H groups in total. The summed E-state index contributed by atoms with van der Waals surface area (Å²) in [6, 6.07) is -0.0428. The first kappa shape index (κ1) is 15.8. The van der Waals surface area contributed by atoms with Crippen molar-refractivity contribution in [2.75, 3.05) is 18.1 Å². The zero-order chi connectivity index (χ0) is 14.8. The van der Waals surface area contributed by atoms with Gasteiger partial charge in [0.2, 0.25) is 0 Å². The predicted molar refractivity (Wildman–Crippen MR) is 80.7 cm³/mol. The highest BCUT2D eigenvalue weighted by molar-refractivity contribution is 7.91. The van der Waals surface area contributed by atoms with Crippen LogP contribution in [-0.4, -0.2) is 36.2 Å². The Labute approximate surface area is 125 Å². The largest absolute Gasteiger partial charge is 0.309 e. The molecule has 0 spiro atoms. The van der Waals surface area contributed by atoms with Crippen molar-refractivity contribution < 1.29 is 8.42 Å². The van der Waals surface area contributed by atoms with Crippen LogP contribution in [0.25, 0.3) is 0 Å². The van der Waals surface area contributed by atoms with Crippen molar-refractivity contribution in [2.45, 2.75) is 39.3 Å². The van der Waals surface area contributed by atoms with Gasteiger partial charge in [-0.25, -0.2) is 8.42 Å². The van der Waals surface area contributed by atoms with Gasteiger partial charge >= 0.3 is 0 Å². The molecule has 7 heteroatoms. The fourth-order valence-electron chi connectivity index (χ4n) is 2.86. The molecule has 5 nitrogen and oxygen atoms in total. The minimum Gasteiger partial charge on any atom is -0.309 e. The third kappa shape index (κ3) is 3.35. The predicted octanol–water partition coefficient (Wildman–Crippen LogP) is 2.03. The number of rotatable bonds is 6. The Morgan fingerprint density at radius 3 is 2.85 bits per heavy atom. The summed E-state index contributed by atoms with van der Waals surface area (Å²) in [6.07, 6.45) is 3.31. The van der Waals surface area contributed by atoms with Crippen LogP contribution in [0.3, 0.4) is 0 Å². The summed E-state index contributed by atoms with van der Waals surface area (Å²) >= 11 is 6.29. The van der Waals surface area contributed by atoms with E-state index in [0.29, 0.717) is 11.4 Å². The second kappa shape index (κ2) is 6.45. The van der Waals surface area contributed by atoms with Crippen molar-refractivity contribution in [1.29, 1.82) is 0 Å². The first-order valence-electron chi connectivity index (χ1n) is 7.13. The Hall–Kier alpha value is -0.590. The molecule has 2 unspecified atom stereocenters. The summed E-state index contributed by atoms with van der Waals surface area (Å²) in [5.74, 6) is 0.585. The van der Waals surface area contributed by atoms with E-state index in [4.69, 9.17) is 11.6 Å². The Morgan fingerprint density at radius 2 is 2.30 bits per heavy atom. The molecule has 2 heterocycles. The Bertz CT molecular complexity index is 556. The Kier molecular flexibility index (Phi) is 5.09. The van der Waals surface area contributed by atoms with Crippen LogP contribution in [-0.2, 0) is 16.4 Å². The van der Waals surface area contributed by atoms with Gasteiger partial charge < -0.3 is 5.32 Å². The first-order valence-corrected chi connectivity index (χ1v) is 9.33. The van der Waals surface area contributed by atoms with Crippen molar-refractivity contribution in [2.24, 2.45) is 5.92 Å². The maximum absolute atomic E-state index is 11.7. The van der Waals surface area contributed by atoms with Crippen LogP contribution in [0.1, 0.15) is 38.4 Å². The SMILES string of the molecule is CCCn1ncc(Cl)c1C(NCC)C1CCS(=O)(=O)C1. The molecule has 0 bridgehead atoms. The molecular formula is C13H22ClN3O2S. The van der Waals surface area contributed by atoms with Gasteiger partial charge in [0.1, 0.15) is 0 Å². The highest BCUT2D eigenvalue weighted by atomic mass is 35.5. The van der Waals surface area contributed by atoms with Crippen molar-refractivity contribution in [1.82, 2.24) is 15.1 Å². The number of aromatic nitrogens is 2. The second-order valence-electron chi connectivity index (χ2n) is 5.30. The molecule has 1 aromatic rings. The van der Waals surface area contributed by atoms with Crippen molar-refractivity contribution in [3.63, 3.8) is 0 Å². The van der Waals surface area contributed by atoms with Crippen LogP contribution in [0.4, 0.5) is 0 Å². The summed E-state index contributed by atoms with van der Waals surface area (Å²) in [6.45, 7) is 5.67. The average molecular weight is 320 g/mol. The van der Waals surface area contributed by atoms with Gasteiger partial charge in [-0.1, -0.05) is 25.4 Å². The lowest BCUT2D eigenvalue weighted by molar-refractivity contribution is 0.371. The van der Waals surface area contributed by atoms with Crippen molar-refractivity contribution in [3.05, 3.63) is 16.9 Å². The number of halogens is 1. The third-order valence-electron chi connectivity index (χ3n) is 3.73. The second-order valence-corrected chi connectivity index (χ2v) is 7.94. The van der Waals surface area contributed by atoms with E-state index in [1.54, 1.807) is 6.20 Å². The van der Waals surface area contributed by atoms with Crippen LogP contribution in [0.2, 0.25) is 5.02 Å². The van der Waals surface area contributed by atoms with E-state index in [0.717, 1.165) is 25.2 Å². The van der Waals surface area contributed by atoms with Crippen molar-refractivity contribution >= 4 is 21.4 Å². The van der Waals surface area contributed by atoms with Crippen molar-refractivity contribution in [3.8, 4) is 0 Å². The highest BCUT2D eigenvalue weighted by Crippen LogP contribution is 2.34. The lowest BCUT2D eigenvalue weighted by Gasteiger charge is -2.25. The minimum atomic E-state index is -2.90. The highest BCUT2D eigenvalue weighted by Gasteiger charge is 2.36. The molecule has 0 aromatic carbocycles. The molecule has 1 aliphatic rings. The smallest absolute Gasteiger partial charge is 0.150 e. The zero-order valence-corrected chi connectivity index (χ0v) is 13.5. The Balaban J connectivity index is 2.31. The molecule has 114 valence electrons. The van der Waals surface area contributed by atoms with E-state index in [2.05, 4.69) is 17.3 Å². The molecule has 2 atom stereocenters. The van der Waals surface area contributed by atoms with Crippen LogP contribution in [0, 0.1) is 5.92 Å². The van der Waals surface area contributed by atoms with E-state index in [9.17, 15) is 8.42 Å². The molecular weight excluding hydrogens is 298 g/mol. The first-order chi connectivity index (χ1) is 9.48. The van der Waals surface area contributed by atoms with E-state index < -0.39 is 9.84 Å². The van der Waals surface area contributed by atoms with Crippen LogP contribution >= 0.6 is 11.6 Å². The van der Waals surface area contributed by atoms with Gasteiger partial charge in [0.25, 0.3) is 0 Å². The topological polar surface area (TPSA) is 64.0 Å². The normalized spacial score (nSPS) is 23.1. The average Bonchev–Trinajstić information content (AvgIpc) is 2.91. The third-order valence-corrected chi connectivity index (χ3v) is 5.81. The number of aryl methyl sites for hydroxylation is 1. The van der Waals surface area contributed by atoms with Gasteiger partial charge in [-0.15, -0.1) is 0 Å². The van der Waals surface area contributed by atoms with Crippen LogP contribution in [0.5, 0.6) is 0 Å². The summed E-state index contributed by atoms with van der Waals surface area (Å²) < 4.78 is 25.4. The van der Waals surface area contributed by atoms with Gasteiger partial charge in [-0.3, -0.25) is 4.68 Å². The summed E-state index contributed by atoms with van der Waals surface area (Å²) in [7, 11) is -2.90. The van der Waals surface area contributed by atoms with Gasteiger partial charge in [0, 0.05) is 6.54 Å². The monoisotopic (exact) mass is 319 g/mol. The summed E-state index contributed by atoms with van der Waals surface area (Å²) in [5.41, 5.74) is 0.928. The molecule has 0 amide bonds. The van der Waals surface area contributed by atoms with Gasteiger partial charge in [0.05, 0.1) is 34.5 Å². The molecule has 20 heavy (non-hydrogen) atoms. The molecule has 2 rings (SSSR count). The Morgan fingerprint density at radius 1 is 1.55 bits per heavy atom. The van der Waals surface area contributed by atoms with Gasteiger partial charge in [-0.2, -0.15) is 5.10 Å². The van der Waals surface area contributed by atoms with E-state index in [1.807, 2.05) is 11.6 Å². The number of sulfone groups is 1. The zero-order valence-electron chi connectivity index (χ0n) is 12.0. The quantitative estimate of drug-likeness (QED) is 0.871. The summed E-state index contributed by atoms with van der Waals surface area (Å²) in [5, 5.41) is 8.33. The molecule has 0 aliphatic carbocycles. The lowest BCUT2D eigenvalue weighted by Crippen LogP contribution is -2.31. The minimum absolute atomic E-state index is 0.0428. The number of hydrogen-bond acceptors (Lipinski definition) is 4. The van der Waals surface area contributed by atoms with Crippen LogP contribution < -0.4 is 5.32 Å². The van der Waals surface area contributed by atoms with E-state index in [-0.39, 0.29) is 23.5 Å². The molecule has 0 saturated carbocycles. The number of nitrogens with zero attached hydrogens (tertiary/aromatic N) is 2. The number of hydrogen-bond donors (Lipinski definition) is 1. The molecule has 1 saturated heterocycles. The molecule has 0 radical (unpaired) electrons. The van der Waals surface area contributed by atoms with Gasteiger partial charge in [-0.05, 0) is 25.3 Å². The maximum Gasteiger partial charge on any atom is 0.150 e. The standard InChI is InChI=1S/C13H22ClN3O2S/c1-3-6-17-13(11(14)8-16-17)12(15-4-2)10-5-7-20(18,19)9-10/h8,10,12,15H,3-7,9H2,1-2H3. The number of nitrogens with one attached hydrogen (secondary N) is 1. The van der Waals surface area contributed by atoms with Crippen LogP contribution in [0.15, 0.2) is 6.20 Å². The molecule has 1 aliphatic heterocycles. The fourth-order valence-corrected chi connectivity index (χ4v) is 4.96. The van der Waals surface area contributed by atoms with Gasteiger partial charge in [0.15, 0.2) is 9.84 Å². The molecule has 1 aromatic heterocycles. The van der Waals surface area contributed by atoms with E-state index in [1.165, 1.54) is 0 Å². The fraction of sp³-hybridized carbons (Fsp3) is 0.769. The molecule has 1 fully saturated rings. The summed E-state index contributed by atoms with van der Waals surface area (Å²) in [4.78, 5) is 0. The maximum atomic E-state index is 11.7.